The molecule has 2 aliphatic rings. The topological polar surface area (TPSA) is 18.5 Å². The van der Waals surface area contributed by atoms with E-state index in [-0.39, 0.29) is 0 Å². The molecule has 2 rings (SSSR count). The van der Waals surface area contributed by atoms with Gasteiger partial charge in [0.25, 0.3) is 0 Å². The van der Waals surface area contributed by atoms with Gasteiger partial charge in [0, 0.05) is 6.61 Å². The van der Waals surface area contributed by atoms with Crippen molar-refractivity contribution in [2.24, 2.45) is 0 Å². The summed E-state index contributed by atoms with van der Waals surface area (Å²) < 4.78 is 10.7. The molecular weight excluding hydrogens is 255 g/mol. The van der Waals surface area contributed by atoms with Crippen LogP contribution in [0.1, 0.15) is 20.3 Å². The molecule has 0 aromatic rings. The van der Waals surface area contributed by atoms with Gasteiger partial charge in [0.1, 0.15) is 0 Å². The summed E-state index contributed by atoms with van der Waals surface area (Å²) in [5.74, 6) is 0. The minimum Gasteiger partial charge on any atom is -0.378 e. The maximum Gasteiger partial charge on any atom is 0.0687 e. The monoisotopic (exact) mass is 270 g/mol. The highest BCUT2D eigenvalue weighted by atomic mass is 127. The van der Waals surface area contributed by atoms with Gasteiger partial charge in [0.05, 0.1) is 22.7 Å². The minimum absolute atomic E-state index is 0.519. The molecule has 66 valence electrons. The summed E-state index contributed by atoms with van der Waals surface area (Å²) in [6.07, 6.45) is 2.35. The molecule has 3 unspecified atom stereocenters. The van der Waals surface area contributed by atoms with E-state index < -0.39 is 0 Å². The van der Waals surface area contributed by atoms with Crippen LogP contribution in [0.15, 0.2) is 0 Å². The average molecular weight is 270 g/mol. The second-order valence-corrected chi connectivity index (χ2v) is 4.62. The SMILES string of the molecule is CC1CCO1.CC1OCC1I. The van der Waals surface area contributed by atoms with Crippen LogP contribution in [0.2, 0.25) is 0 Å². The number of hydrogen-bond donors (Lipinski definition) is 0. The molecule has 0 aromatic carbocycles. The lowest BCUT2D eigenvalue weighted by molar-refractivity contribution is -0.0375. The summed E-state index contributed by atoms with van der Waals surface area (Å²) in [6.45, 7) is 6.13. The van der Waals surface area contributed by atoms with Crippen LogP contribution in [0.3, 0.4) is 0 Å². The van der Waals surface area contributed by atoms with Crippen LogP contribution in [0.4, 0.5) is 0 Å². The van der Waals surface area contributed by atoms with Crippen molar-refractivity contribution < 1.29 is 9.47 Å². The Balaban J connectivity index is 0.000000112. The fourth-order valence-corrected chi connectivity index (χ4v) is 1.13. The minimum atomic E-state index is 0.519. The summed E-state index contributed by atoms with van der Waals surface area (Å²) in [4.78, 5) is 0. The Bertz CT molecular complexity index is 107. The molecule has 0 radical (unpaired) electrons. The van der Waals surface area contributed by atoms with Crippen molar-refractivity contribution in [2.45, 2.75) is 36.4 Å². The highest BCUT2D eigenvalue weighted by Crippen LogP contribution is 2.19. The van der Waals surface area contributed by atoms with Crippen LogP contribution in [0, 0.1) is 0 Å². The van der Waals surface area contributed by atoms with Crippen molar-refractivity contribution in [3.63, 3.8) is 0 Å². The maximum atomic E-state index is 5.04. The van der Waals surface area contributed by atoms with E-state index in [0.29, 0.717) is 12.2 Å². The van der Waals surface area contributed by atoms with Crippen molar-refractivity contribution in [1.82, 2.24) is 0 Å². The first-order valence-corrected chi connectivity index (χ1v) is 5.32. The van der Waals surface area contributed by atoms with Crippen molar-refractivity contribution >= 4 is 22.6 Å². The largest absolute Gasteiger partial charge is 0.378 e. The van der Waals surface area contributed by atoms with Gasteiger partial charge in [0.15, 0.2) is 0 Å². The third-order valence-corrected chi connectivity index (χ3v) is 3.33. The van der Waals surface area contributed by atoms with Gasteiger partial charge in [-0.15, -0.1) is 0 Å². The van der Waals surface area contributed by atoms with Crippen LogP contribution in [0.25, 0.3) is 0 Å². The van der Waals surface area contributed by atoms with Crippen LogP contribution < -0.4 is 0 Å². The van der Waals surface area contributed by atoms with Crippen molar-refractivity contribution in [3.8, 4) is 0 Å². The molecule has 3 atom stereocenters. The quantitative estimate of drug-likeness (QED) is 0.495. The van der Waals surface area contributed by atoms with Gasteiger partial charge < -0.3 is 9.47 Å². The van der Waals surface area contributed by atoms with Gasteiger partial charge in [-0.25, -0.2) is 0 Å². The Morgan fingerprint density at radius 1 is 1.27 bits per heavy atom. The molecule has 0 aliphatic carbocycles. The van der Waals surface area contributed by atoms with Gasteiger partial charge >= 0.3 is 0 Å². The predicted octanol–water partition coefficient (Wildman–Crippen LogP) is 2.00. The second kappa shape index (κ2) is 4.62. The zero-order chi connectivity index (χ0) is 8.27. The summed E-state index contributed by atoms with van der Waals surface area (Å²) in [5.41, 5.74) is 0. The van der Waals surface area contributed by atoms with Gasteiger partial charge in [-0.05, 0) is 20.3 Å². The fourth-order valence-electron chi connectivity index (χ4n) is 0.715. The Labute approximate surface area is 81.8 Å². The third-order valence-electron chi connectivity index (χ3n) is 1.95. The van der Waals surface area contributed by atoms with E-state index in [9.17, 15) is 0 Å². The van der Waals surface area contributed by atoms with E-state index in [0.717, 1.165) is 17.1 Å². The maximum absolute atomic E-state index is 5.04. The number of ether oxygens (including phenoxy) is 2. The van der Waals surface area contributed by atoms with Crippen LogP contribution in [0.5, 0.6) is 0 Å². The van der Waals surface area contributed by atoms with Crippen molar-refractivity contribution in [2.75, 3.05) is 13.2 Å². The number of hydrogen-bond acceptors (Lipinski definition) is 2. The second-order valence-electron chi connectivity index (χ2n) is 3.02. The first kappa shape index (κ1) is 9.74. The lowest BCUT2D eigenvalue weighted by Gasteiger charge is -2.28. The van der Waals surface area contributed by atoms with Crippen LogP contribution >= 0.6 is 22.6 Å². The van der Waals surface area contributed by atoms with Crippen LogP contribution in [-0.2, 0) is 9.47 Å². The smallest absolute Gasteiger partial charge is 0.0687 e. The normalized spacial score (nSPS) is 41.2. The first-order valence-electron chi connectivity index (χ1n) is 4.07. The molecule has 2 nitrogen and oxygen atoms in total. The van der Waals surface area contributed by atoms with E-state index in [2.05, 4.69) is 36.4 Å². The van der Waals surface area contributed by atoms with Gasteiger partial charge in [-0.3, -0.25) is 0 Å². The van der Waals surface area contributed by atoms with Gasteiger partial charge in [-0.2, -0.15) is 0 Å². The summed E-state index contributed by atoms with van der Waals surface area (Å²) in [5, 5.41) is 0. The van der Waals surface area contributed by atoms with E-state index >= 15 is 0 Å². The molecule has 2 saturated heterocycles. The van der Waals surface area contributed by atoms with E-state index in [1.165, 1.54) is 6.42 Å². The Morgan fingerprint density at radius 2 is 1.73 bits per heavy atom. The molecule has 2 aliphatic heterocycles. The van der Waals surface area contributed by atoms with Gasteiger partial charge in [0.2, 0.25) is 0 Å². The molecule has 0 bridgehead atoms. The lowest BCUT2D eigenvalue weighted by atomic mass is 10.2. The number of alkyl halides is 1. The highest BCUT2D eigenvalue weighted by molar-refractivity contribution is 14.1. The molecule has 0 amide bonds. The molecule has 0 spiro atoms. The Morgan fingerprint density at radius 3 is 1.73 bits per heavy atom. The molecule has 0 aromatic heterocycles. The molecule has 11 heavy (non-hydrogen) atoms. The molecular formula is C8H15IO2. The fraction of sp³-hybridized carbons (Fsp3) is 1.00. The predicted molar refractivity (Wildman–Crippen MR) is 53.3 cm³/mol. The molecule has 3 heteroatoms. The van der Waals surface area contributed by atoms with Crippen molar-refractivity contribution in [1.29, 1.82) is 0 Å². The lowest BCUT2D eigenvalue weighted by Crippen LogP contribution is -2.37. The first-order chi connectivity index (χ1) is 5.20. The Kier molecular flexibility index (Phi) is 4.09. The van der Waals surface area contributed by atoms with Gasteiger partial charge in [-0.1, -0.05) is 22.6 Å². The highest BCUT2D eigenvalue weighted by Gasteiger charge is 2.23. The molecule has 0 N–H and O–H groups in total. The van der Waals surface area contributed by atoms with E-state index in [1.807, 2.05) is 0 Å². The number of halogens is 1. The summed E-state index contributed by atoms with van der Waals surface area (Å²) >= 11 is 2.39. The molecule has 2 fully saturated rings. The molecule has 2 heterocycles. The van der Waals surface area contributed by atoms with E-state index in [1.54, 1.807) is 0 Å². The van der Waals surface area contributed by atoms with Crippen molar-refractivity contribution in [3.05, 3.63) is 0 Å². The Hall–Kier alpha value is 0.650. The standard InChI is InChI=1S/C4H7IO.C4H8O/c1-3-4(5)2-6-3;1-4-2-3-5-4/h3-4H,2H2,1H3;4H,2-3H2,1H3. The summed E-state index contributed by atoms with van der Waals surface area (Å²) in [6, 6.07) is 0. The zero-order valence-corrected chi connectivity index (χ0v) is 9.21. The average Bonchev–Trinajstić information content (AvgIpc) is 1.98. The molecule has 0 saturated carbocycles. The third kappa shape index (κ3) is 3.25. The summed E-state index contributed by atoms with van der Waals surface area (Å²) in [7, 11) is 0. The zero-order valence-electron chi connectivity index (χ0n) is 7.05. The van der Waals surface area contributed by atoms with Crippen LogP contribution in [-0.4, -0.2) is 29.3 Å². The van der Waals surface area contributed by atoms with E-state index in [4.69, 9.17) is 9.47 Å². The number of rotatable bonds is 0.